The van der Waals surface area contributed by atoms with Crippen molar-refractivity contribution in [2.24, 2.45) is 40.2 Å². The number of Topliss-reactive ketones (excluding diaryl/α,β-unsaturated/α-hetero) is 2. The standard InChI is InChI=1S/C77H95N11O14S3/c1-48(2)58(40-55(89)14-7-6-10-33-87-66(91)25-26-67(87)92)70(94)81-61(17-12-32-79-72(78)97)63(90)39-52-19-21-53(22-20-52)45-102-74(98)85(36-38-105(99,100)101)35-37-103-76-28-30-77(31-29-76)49(3)41-75(46-76,42-50(77)4)47-88-51(5)59(43-80-88)56-23-24-65(83-68(56)71(95)96)86-34-27-54-13-11-15-57(60(54)44-86)69(93)84-73-82-62-16-8-9-18-64(62)104-73/h8-9,11,13,15-16,18-26,43,48-50,58,61H,6-7,10,12,14,17,27-42,44-47H2,1-5H3,(H,81,94)(H,95,96)(H3,78,79,97)(H,82,84,93)(H,99,100,101)/t49?,50?,58-,61-,75?,76?,77?/m0/s1. The highest BCUT2D eigenvalue weighted by atomic mass is 32.2. The first-order valence-electron chi connectivity index (χ1n) is 36.4. The normalized spacial score (nSPS) is 21.1. The minimum absolute atomic E-state index is 0.0417. The zero-order chi connectivity index (χ0) is 75.0. The Morgan fingerprint density at radius 1 is 0.857 bits per heavy atom. The number of para-hydroxylation sites is 1. The summed E-state index contributed by atoms with van der Waals surface area (Å²) in [6.45, 7) is 12.0. The van der Waals surface area contributed by atoms with Crippen LogP contribution in [-0.4, -0.2) is 156 Å². The SMILES string of the molecule is Cc1c(-c2ccc(N3CCc4cccc(C(=O)Nc5nc6ccccc6s5)c4C3)nc2C(=O)O)cnn1CC12CC(C)C3(CCC(SCCN(CCS(=O)(=O)O)C(=O)OCc4ccc(CC(=O)[C@H](CCCNC(N)=O)NC(=O)[C@@H](CC(=O)CCCCCN5C(=O)C=CC5=O)C(C)C)cc4)(CC3)C1)C(C)C2. The number of imide groups is 1. The van der Waals surface area contributed by atoms with Gasteiger partial charge in [-0.25, -0.2) is 24.4 Å². The molecule has 560 valence electrons. The van der Waals surface area contributed by atoms with E-state index in [-0.39, 0.29) is 115 Å². The molecule has 2 aliphatic heterocycles. The number of nitrogens with one attached hydrogen (secondary N) is 3. The van der Waals surface area contributed by atoms with Gasteiger partial charge in [0, 0.05) is 116 Å². The van der Waals surface area contributed by atoms with Crippen molar-refractivity contribution in [3.8, 4) is 11.1 Å². The Labute approximate surface area is 620 Å². The molecule has 7 amide bonds. The van der Waals surface area contributed by atoms with E-state index in [0.29, 0.717) is 108 Å². The summed E-state index contributed by atoms with van der Waals surface area (Å²) < 4.78 is 42.9. The van der Waals surface area contributed by atoms with Crippen LogP contribution in [0.25, 0.3) is 21.3 Å². The van der Waals surface area contributed by atoms with Gasteiger partial charge in [0.1, 0.15) is 18.2 Å². The molecule has 6 aromatic rings. The van der Waals surface area contributed by atoms with Crippen molar-refractivity contribution in [2.75, 3.05) is 54.4 Å². The number of urea groups is 1. The quantitative estimate of drug-likeness (QED) is 0.0124. The largest absolute Gasteiger partial charge is 0.476 e. The van der Waals surface area contributed by atoms with Crippen molar-refractivity contribution < 1.29 is 66.0 Å². The number of primary amides is 1. The molecule has 28 heteroatoms. The maximum Gasteiger partial charge on any atom is 0.410 e. The number of pyridine rings is 1. The second kappa shape index (κ2) is 33.3. The number of anilines is 2. The number of thioether (sulfide) groups is 1. The number of ether oxygens (including phenoxy) is 1. The predicted molar refractivity (Wildman–Crippen MR) is 401 cm³/mol. The number of carbonyl (C=O) groups is 9. The van der Waals surface area contributed by atoms with Crippen molar-refractivity contribution in [3.05, 3.63) is 136 Å². The lowest BCUT2D eigenvalue weighted by atomic mass is 9.44. The number of carboxylic acid groups (broad SMARTS) is 1. The molecule has 3 aromatic carbocycles. The molecule has 7 N–H and O–H groups in total. The topological polar surface area (TPSA) is 353 Å². The number of unbranched alkanes of at least 4 members (excludes halogenated alkanes) is 2. The van der Waals surface area contributed by atoms with Gasteiger partial charge in [0.2, 0.25) is 5.91 Å². The summed E-state index contributed by atoms with van der Waals surface area (Å²) in [4.78, 5) is 131. The number of aromatic nitrogens is 4. The molecule has 105 heavy (non-hydrogen) atoms. The number of carbonyl (C=O) groups excluding carboxylic acids is 8. The minimum atomic E-state index is -4.47. The molecule has 6 fully saturated rings. The van der Waals surface area contributed by atoms with Gasteiger partial charge >= 0.3 is 18.1 Å². The average Bonchev–Trinajstić information content (AvgIpc) is 1.12. The van der Waals surface area contributed by atoms with Crippen LogP contribution in [0.3, 0.4) is 0 Å². The summed E-state index contributed by atoms with van der Waals surface area (Å²) in [5, 5.41) is 24.7. The van der Waals surface area contributed by atoms with Gasteiger partial charge in [-0.3, -0.25) is 48.2 Å². The molecular formula is C77H95N11O14S3. The number of hydrogen-bond acceptors (Lipinski definition) is 18. The van der Waals surface area contributed by atoms with Gasteiger partial charge < -0.3 is 36.0 Å². The van der Waals surface area contributed by atoms with Crippen LogP contribution in [0.15, 0.2) is 97.2 Å². The van der Waals surface area contributed by atoms with Gasteiger partial charge in [-0.15, -0.1) is 0 Å². The highest BCUT2D eigenvalue weighted by molar-refractivity contribution is 8.00. The van der Waals surface area contributed by atoms with E-state index >= 15 is 0 Å². The number of aromatic carboxylic acids is 1. The fourth-order valence-corrected chi connectivity index (χ4v) is 19.8. The van der Waals surface area contributed by atoms with E-state index in [2.05, 4.69) is 34.8 Å². The molecular weight excluding hydrogens is 1400 g/mol. The number of nitrogens with two attached hydrogens (primary N) is 1. The zero-order valence-corrected chi connectivity index (χ0v) is 62.7. The number of carboxylic acids is 1. The average molecular weight is 1490 g/mol. The first-order chi connectivity index (χ1) is 50.1. The number of rotatable bonds is 34. The van der Waals surface area contributed by atoms with Crippen molar-refractivity contribution in [3.63, 3.8) is 0 Å². The van der Waals surface area contributed by atoms with Crippen LogP contribution in [0, 0.1) is 41.4 Å². The maximum absolute atomic E-state index is 14.0. The third-order valence-corrected chi connectivity index (χ3v) is 25.7. The molecule has 3 bridgehead atoms. The van der Waals surface area contributed by atoms with Gasteiger partial charge in [0.25, 0.3) is 27.8 Å². The molecule has 25 nitrogen and oxygen atoms in total. The molecule has 6 aliphatic carbocycles. The van der Waals surface area contributed by atoms with E-state index in [1.54, 1.807) is 48.3 Å². The van der Waals surface area contributed by atoms with Crippen LogP contribution < -0.4 is 26.6 Å². The van der Waals surface area contributed by atoms with Gasteiger partial charge in [-0.2, -0.15) is 25.3 Å². The van der Waals surface area contributed by atoms with Crippen molar-refractivity contribution >= 4 is 108 Å². The first kappa shape index (κ1) is 77.2. The fraction of sp³-hybridized carbons (Fsp3) is 0.506. The number of ketones is 2. The maximum atomic E-state index is 14.0. The minimum Gasteiger partial charge on any atom is -0.476 e. The lowest BCUT2D eigenvalue weighted by Crippen LogP contribution is -2.57. The van der Waals surface area contributed by atoms with Crippen LogP contribution in [0.5, 0.6) is 0 Å². The van der Waals surface area contributed by atoms with Crippen LogP contribution >= 0.6 is 23.1 Å². The molecule has 3 aromatic heterocycles. The number of hydrogen-bond donors (Lipinski definition) is 6. The summed E-state index contributed by atoms with van der Waals surface area (Å²) in [7, 11) is -4.47. The Morgan fingerprint density at radius 2 is 1.58 bits per heavy atom. The van der Waals surface area contributed by atoms with E-state index in [1.807, 2.05) is 78.9 Å². The monoisotopic (exact) mass is 1490 g/mol. The Hall–Kier alpha value is -8.86. The number of benzene rings is 3. The van der Waals surface area contributed by atoms with E-state index in [0.717, 1.165) is 76.9 Å². The Bertz CT molecular complexity index is 4350. The van der Waals surface area contributed by atoms with E-state index in [4.69, 9.17) is 20.6 Å². The lowest BCUT2D eigenvalue weighted by molar-refractivity contribution is -0.137. The first-order valence-corrected chi connectivity index (χ1v) is 39.8. The van der Waals surface area contributed by atoms with E-state index in [1.165, 1.54) is 28.4 Å². The van der Waals surface area contributed by atoms with Crippen LogP contribution in [0.1, 0.15) is 166 Å². The smallest absolute Gasteiger partial charge is 0.410 e. The molecule has 2 unspecified atom stereocenters. The number of thiazole rings is 1. The second-order valence-electron chi connectivity index (χ2n) is 29.7. The Kier molecular flexibility index (Phi) is 24.5. The highest BCUT2D eigenvalue weighted by Crippen LogP contribution is 2.68. The van der Waals surface area contributed by atoms with Crippen LogP contribution in [0.2, 0.25) is 0 Å². The molecule has 14 rings (SSSR count). The molecule has 1 spiro atoms. The summed E-state index contributed by atoms with van der Waals surface area (Å²) in [6, 6.07) is 22.2. The number of fused-ring (bicyclic) bond motifs is 2. The second-order valence-corrected chi connectivity index (χ2v) is 33.9. The highest BCUT2D eigenvalue weighted by Gasteiger charge is 2.60. The third kappa shape index (κ3) is 18.7. The molecule has 8 aliphatic rings. The van der Waals surface area contributed by atoms with Crippen LogP contribution in [0.4, 0.5) is 20.5 Å². The lowest BCUT2D eigenvalue weighted by Gasteiger charge is -2.64. The number of amides is 7. The molecule has 0 radical (unpaired) electrons. The van der Waals surface area contributed by atoms with Crippen molar-refractivity contribution in [1.82, 2.24) is 40.2 Å². The third-order valence-electron chi connectivity index (χ3n) is 22.5. The molecule has 4 atom stereocenters. The predicted octanol–water partition coefficient (Wildman–Crippen LogP) is 11.2. The van der Waals surface area contributed by atoms with Crippen molar-refractivity contribution in [2.45, 2.75) is 168 Å². The van der Waals surface area contributed by atoms with Crippen molar-refractivity contribution in [1.29, 1.82) is 0 Å². The van der Waals surface area contributed by atoms with E-state index in [9.17, 15) is 61.2 Å². The molecule has 5 heterocycles. The van der Waals surface area contributed by atoms with Gasteiger partial charge in [0.15, 0.2) is 16.6 Å². The summed E-state index contributed by atoms with van der Waals surface area (Å²) in [6.07, 6.45) is 13.1. The molecule has 6 saturated carbocycles. The fourth-order valence-electron chi connectivity index (χ4n) is 16.8. The summed E-state index contributed by atoms with van der Waals surface area (Å²) in [5.41, 5.74) is 11.5. The summed E-state index contributed by atoms with van der Waals surface area (Å²) in [5.74, 6) is -2.92. The Morgan fingerprint density at radius 3 is 2.28 bits per heavy atom. The Balaban J connectivity index is 0.709. The van der Waals surface area contributed by atoms with Gasteiger partial charge in [0.05, 0.1) is 28.2 Å². The van der Waals surface area contributed by atoms with Gasteiger partial charge in [-0.05, 0) is 165 Å². The van der Waals surface area contributed by atoms with Crippen LogP contribution in [-0.2, 0) is 71.4 Å². The summed E-state index contributed by atoms with van der Waals surface area (Å²) >= 11 is 3.21. The zero-order valence-electron chi connectivity index (χ0n) is 60.2. The number of nitrogens with zero attached hydrogens (tertiary/aromatic N) is 7. The van der Waals surface area contributed by atoms with Gasteiger partial charge in [-0.1, -0.05) is 94.0 Å². The molecule has 0 saturated heterocycles. The van der Waals surface area contributed by atoms with E-state index < -0.39 is 51.8 Å².